The molecule has 0 radical (unpaired) electrons. The monoisotopic (exact) mass is 339 g/mol. The van der Waals surface area contributed by atoms with Gasteiger partial charge in [-0.25, -0.2) is 0 Å². The second kappa shape index (κ2) is 8.56. The molecule has 0 aliphatic carbocycles. The van der Waals surface area contributed by atoms with Crippen molar-refractivity contribution in [1.82, 2.24) is 0 Å². The molecule has 4 nitrogen and oxygen atoms in total. The van der Waals surface area contributed by atoms with E-state index in [2.05, 4.69) is 31.3 Å². The number of aromatic nitrogens is 1. The molecule has 0 aliphatic rings. The van der Waals surface area contributed by atoms with E-state index >= 15 is 0 Å². The van der Waals surface area contributed by atoms with Crippen molar-refractivity contribution in [2.45, 2.75) is 52.5 Å². The minimum Gasteiger partial charge on any atom is -0.320 e. The predicted molar refractivity (Wildman–Crippen MR) is 99.7 cm³/mol. The normalized spacial score (nSPS) is 12.0. The Labute approximate surface area is 149 Å². The van der Waals surface area contributed by atoms with E-state index in [4.69, 9.17) is 0 Å². The number of anilines is 1. The van der Waals surface area contributed by atoms with Gasteiger partial charge in [0.2, 0.25) is 6.04 Å². The van der Waals surface area contributed by atoms with Crippen LogP contribution in [0.5, 0.6) is 0 Å². The first kappa shape index (κ1) is 18.8. The average Bonchev–Trinajstić information content (AvgIpc) is 2.63. The van der Waals surface area contributed by atoms with E-state index in [-0.39, 0.29) is 17.7 Å². The first-order chi connectivity index (χ1) is 12.0. The van der Waals surface area contributed by atoms with Gasteiger partial charge in [-0.3, -0.25) is 9.59 Å². The first-order valence-electron chi connectivity index (χ1n) is 8.88. The smallest absolute Gasteiger partial charge is 0.293 e. The number of rotatable bonds is 7. The van der Waals surface area contributed by atoms with Crippen LogP contribution in [0.25, 0.3) is 0 Å². The molecule has 2 rings (SSSR count). The van der Waals surface area contributed by atoms with Gasteiger partial charge in [0.15, 0.2) is 18.2 Å². The van der Waals surface area contributed by atoms with Gasteiger partial charge in [-0.05, 0) is 55.5 Å². The van der Waals surface area contributed by atoms with Crippen LogP contribution in [0.3, 0.4) is 0 Å². The molecule has 1 N–H and O–H groups in total. The molecule has 1 aromatic heterocycles. The summed E-state index contributed by atoms with van der Waals surface area (Å²) in [4.78, 5) is 23.8. The van der Waals surface area contributed by atoms with Crippen molar-refractivity contribution in [1.29, 1.82) is 0 Å². The minimum atomic E-state index is -0.316. The fourth-order valence-electron chi connectivity index (χ4n) is 2.91. The highest BCUT2D eigenvalue weighted by Gasteiger charge is 2.22. The first-order valence-corrected chi connectivity index (χ1v) is 8.88. The lowest BCUT2D eigenvalue weighted by Crippen LogP contribution is -2.44. The molecule has 1 amide bonds. The third kappa shape index (κ3) is 4.75. The zero-order valence-corrected chi connectivity index (χ0v) is 15.5. The van der Waals surface area contributed by atoms with E-state index in [0.29, 0.717) is 17.2 Å². The highest BCUT2D eigenvalue weighted by Crippen LogP contribution is 2.21. The lowest BCUT2D eigenvalue weighted by Gasteiger charge is -2.13. The number of carbonyl (C=O) groups excluding carboxylic acids is 2. The molecule has 4 heteroatoms. The summed E-state index contributed by atoms with van der Waals surface area (Å²) in [5, 5.41) is 2.89. The third-order valence-electron chi connectivity index (χ3n) is 4.72. The zero-order valence-electron chi connectivity index (χ0n) is 15.5. The van der Waals surface area contributed by atoms with Gasteiger partial charge in [0.05, 0.1) is 0 Å². The topological polar surface area (TPSA) is 50.0 Å². The number of amides is 1. The Bertz CT molecular complexity index is 717. The zero-order chi connectivity index (χ0) is 18.4. The third-order valence-corrected chi connectivity index (χ3v) is 4.72. The van der Waals surface area contributed by atoms with Crippen LogP contribution in [0, 0.1) is 0 Å². The van der Waals surface area contributed by atoms with Crippen molar-refractivity contribution >= 4 is 17.4 Å². The van der Waals surface area contributed by atoms with Crippen molar-refractivity contribution in [3.05, 3.63) is 59.9 Å². The van der Waals surface area contributed by atoms with Gasteiger partial charge in [-0.2, -0.15) is 4.57 Å². The number of Topliss-reactive ketones (excluding diaryl/α,β-unsaturated/α-hetero) is 1. The molecule has 1 aromatic carbocycles. The van der Waals surface area contributed by atoms with Crippen LogP contribution in [-0.2, 0) is 4.79 Å². The van der Waals surface area contributed by atoms with Gasteiger partial charge in [0.25, 0.3) is 5.91 Å². The Balaban J connectivity index is 2.05. The fraction of sp³-hybridized carbons (Fsp3) is 0.381. The number of nitrogens with one attached hydrogen (secondary N) is 1. The van der Waals surface area contributed by atoms with Crippen LogP contribution < -0.4 is 9.88 Å². The Morgan fingerprint density at radius 1 is 1.00 bits per heavy atom. The maximum atomic E-state index is 12.5. The highest BCUT2D eigenvalue weighted by atomic mass is 16.2. The van der Waals surface area contributed by atoms with E-state index < -0.39 is 0 Å². The van der Waals surface area contributed by atoms with E-state index in [1.165, 1.54) is 12.5 Å². The Kier molecular flexibility index (Phi) is 6.45. The molecule has 0 fully saturated rings. The SMILES string of the molecule is CCC(CC)c1cc[n+]([C@@H](C)C(=O)Nc2ccc(C(C)=O)cc2)cc1. The molecular formula is C21H27N2O2+. The molecule has 132 valence electrons. The summed E-state index contributed by atoms with van der Waals surface area (Å²) in [6, 6.07) is 10.8. The molecule has 0 bridgehead atoms. The molecule has 2 aromatic rings. The number of carbonyl (C=O) groups is 2. The van der Waals surface area contributed by atoms with E-state index in [0.717, 1.165) is 12.8 Å². The number of benzene rings is 1. The predicted octanol–water partition coefficient (Wildman–Crippen LogP) is 4.28. The minimum absolute atomic E-state index is 0.0133. The Hall–Kier alpha value is -2.49. The fourth-order valence-corrected chi connectivity index (χ4v) is 2.91. The van der Waals surface area contributed by atoms with E-state index in [9.17, 15) is 9.59 Å². The summed E-state index contributed by atoms with van der Waals surface area (Å²) in [6.45, 7) is 7.79. The lowest BCUT2D eigenvalue weighted by molar-refractivity contribution is -0.705. The van der Waals surface area contributed by atoms with Crippen LogP contribution in [0.15, 0.2) is 48.8 Å². The average molecular weight is 339 g/mol. The number of hydrogen-bond donors (Lipinski definition) is 1. The van der Waals surface area contributed by atoms with Crippen LogP contribution in [0.1, 0.15) is 68.4 Å². The van der Waals surface area contributed by atoms with Crippen LogP contribution in [0.2, 0.25) is 0 Å². The Morgan fingerprint density at radius 3 is 2.04 bits per heavy atom. The van der Waals surface area contributed by atoms with Gasteiger partial charge in [-0.1, -0.05) is 13.8 Å². The molecule has 25 heavy (non-hydrogen) atoms. The molecule has 1 atom stereocenters. The quantitative estimate of drug-likeness (QED) is 0.604. The number of ketones is 1. The standard InChI is InChI=1S/C21H26N2O2/c1-5-17(6-2)19-11-13-23(14-12-19)15(3)21(25)22-20-9-7-18(8-10-20)16(4)24/h7-15,17H,5-6H2,1-4H3/p+1/t15-/m0/s1. The summed E-state index contributed by atoms with van der Waals surface area (Å²) in [7, 11) is 0. The molecule has 0 aliphatic heterocycles. The Morgan fingerprint density at radius 2 is 1.56 bits per heavy atom. The second-order valence-corrected chi connectivity index (χ2v) is 6.39. The van der Waals surface area contributed by atoms with E-state index in [1.807, 2.05) is 23.9 Å². The van der Waals surface area contributed by atoms with Crippen LogP contribution in [0.4, 0.5) is 5.69 Å². The molecule has 0 unspecified atom stereocenters. The maximum absolute atomic E-state index is 12.5. The second-order valence-electron chi connectivity index (χ2n) is 6.39. The molecule has 0 spiro atoms. The highest BCUT2D eigenvalue weighted by molar-refractivity contribution is 5.96. The van der Waals surface area contributed by atoms with Crippen LogP contribution in [-0.4, -0.2) is 11.7 Å². The van der Waals surface area contributed by atoms with Crippen molar-refractivity contribution in [2.75, 3.05) is 5.32 Å². The maximum Gasteiger partial charge on any atom is 0.293 e. The van der Waals surface area contributed by atoms with Crippen molar-refractivity contribution < 1.29 is 14.2 Å². The van der Waals surface area contributed by atoms with Gasteiger partial charge in [-0.15, -0.1) is 0 Å². The lowest BCUT2D eigenvalue weighted by atomic mass is 9.95. The summed E-state index contributed by atoms with van der Waals surface area (Å²) < 4.78 is 1.91. The molecule has 0 saturated heterocycles. The van der Waals surface area contributed by atoms with E-state index in [1.54, 1.807) is 24.3 Å². The van der Waals surface area contributed by atoms with Crippen molar-refractivity contribution in [3.63, 3.8) is 0 Å². The summed E-state index contributed by atoms with van der Waals surface area (Å²) in [5.41, 5.74) is 2.64. The van der Waals surface area contributed by atoms with Gasteiger partial charge in [0.1, 0.15) is 0 Å². The molecular weight excluding hydrogens is 312 g/mol. The van der Waals surface area contributed by atoms with Gasteiger partial charge >= 0.3 is 0 Å². The largest absolute Gasteiger partial charge is 0.320 e. The van der Waals surface area contributed by atoms with Gasteiger partial charge in [0, 0.05) is 30.3 Å². The van der Waals surface area contributed by atoms with Crippen LogP contribution >= 0.6 is 0 Å². The molecule has 0 saturated carbocycles. The summed E-state index contributed by atoms with van der Waals surface area (Å²) in [6.07, 6.45) is 6.17. The van der Waals surface area contributed by atoms with Crippen molar-refractivity contribution in [2.24, 2.45) is 0 Å². The number of hydrogen-bond acceptors (Lipinski definition) is 2. The summed E-state index contributed by atoms with van der Waals surface area (Å²) in [5.74, 6) is 0.494. The number of pyridine rings is 1. The summed E-state index contributed by atoms with van der Waals surface area (Å²) >= 11 is 0. The van der Waals surface area contributed by atoms with Gasteiger partial charge < -0.3 is 5.32 Å². The number of nitrogens with zero attached hydrogens (tertiary/aromatic N) is 1. The van der Waals surface area contributed by atoms with Crippen molar-refractivity contribution in [3.8, 4) is 0 Å². The molecule has 1 heterocycles.